The van der Waals surface area contributed by atoms with Crippen LogP contribution in [0.5, 0.6) is 0 Å². The summed E-state index contributed by atoms with van der Waals surface area (Å²) in [6, 6.07) is 17.2. The molecule has 2 aromatic carbocycles. The number of hydrazone groups is 1. The van der Waals surface area contributed by atoms with Crippen LogP contribution < -0.4 is 5.43 Å². The summed E-state index contributed by atoms with van der Waals surface area (Å²) in [5.41, 5.74) is 8.15. The van der Waals surface area contributed by atoms with Crippen molar-refractivity contribution < 1.29 is 13.9 Å². The lowest BCUT2D eigenvalue weighted by Crippen LogP contribution is -2.18. The van der Waals surface area contributed by atoms with E-state index in [1.165, 1.54) is 12.1 Å². The minimum Gasteiger partial charge on any atom is -0.383 e. The van der Waals surface area contributed by atoms with Gasteiger partial charge in [0.15, 0.2) is 0 Å². The number of aromatic nitrogens is 2. The first-order valence-corrected chi connectivity index (χ1v) is 10.6. The smallest absolute Gasteiger partial charge is 0.272 e. The molecule has 0 atom stereocenters. The highest BCUT2D eigenvalue weighted by Crippen LogP contribution is 2.25. The topological polar surface area (TPSA) is 68.5 Å². The number of pyridine rings is 1. The van der Waals surface area contributed by atoms with Gasteiger partial charge in [-0.05, 0) is 56.3 Å². The van der Waals surface area contributed by atoms with E-state index >= 15 is 0 Å². The molecular weight excluding hydrogens is 419 g/mol. The van der Waals surface area contributed by atoms with E-state index in [-0.39, 0.29) is 11.7 Å². The molecule has 0 aliphatic heterocycles. The minimum atomic E-state index is -0.346. The number of benzene rings is 2. The van der Waals surface area contributed by atoms with Crippen LogP contribution in [0.1, 0.15) is 27.3 Å². The zero-order valence-corrected chi connectivity index (χ0v) is 18.8. The number of methoxy groups -OCH3 is 1. The van der Waals surface area contributed by atoms with Gasteiger partial charge in [0.2, 0.25) is 0 Å². The van der Waals surface area contributed by atoms with Crippen LogP contribution in [0.3, 0.4) is 0 Å². The van der Waals surface area contributed by atoms with Crippen LogP contribution in [-0.2, 0) is 11.3 Å². The second kappa shape index (κ2) is 9.75. The van der Waals surface area contributed by atoms with Crippen molar-refractivity contribution in [3.63, 3.8) is 0 Å². The summed E-state index contributed by atoms with van der Waals surface area (Å²) in [5, 5.41) is 4.91. The van der Waals surface area contributed by atoms with Gasteiger partial charge in [0, 0.05) is 41.6 Å². The van der Waals surface area contributed by atoms with Crippen LogP contribution in [0.15, 0.2) is 65.8 Å². The van der Waals surface area contributed by atoms with Crippen molar-refractivity contribution in [2.75, 3.05) is 13.7 Å². The molecule has 0 radical (unpaired) electrons. The molecule has 0 saturated carbocycles. The van der Waals surface area contributed by atoms with Gasteiger partial charge in [0.25, 0.3) is 5.91 Å². The van der Waals surface area contributed by atoms with Crippen molar-refractivity contribution in [3.8, 4) is 11.3 Å². The Kier molecular flexibility index (Phi) is 6.60. The second-order valence-corrected chi connectivity index (χ2v) is 7.75. The van der Waals surface area contributed by atoms with Crippen molar-refractivity contribution in [3.05, 3.63) is 89.0 Å². The van der Waals surface area contributed by atoms with Crippen molar-refractivity contribution in [1.29, 1.82) is 0 Å². The summed E-state index contributed by atoms with van der Waals surface area (Å²) in [5.74, 6) is -0.671. The van der Waals surface area contributed by atoms with E-state index in [2.05, 4.69) is 20.1 Å². The molecule has 0 fully saturated rings. The molecule has 2 aromatic heterocycles. The van der Waals surface area contributed by atoms with Gasteiger partial charge in [0.05, 0.1) is 29.6 Å². The molecule has 33 heavy (non-hydrogen) atoms. The third-order valence-corrected chi connectivity index (χ3v) is 5.60. The van der Waals surface area contributed by atoms with Crippen LogP contribution >= 0.6 is 0 Å². The number of amides is 1. The zero-order chi connectivity index (χ0) is 23.4. The Morgan fingerprint density at radius 1 is 1.15 bits per heavy atom. The number of nitrogens with zero attached hydrogens (tertiary/aromatic N) is 3. The maximum atomic E-state index is 13.4. The van der Waals surface area contributed by atoms with Crippen LogP contribution in [0.25, 0.3) is 22.2 Å². The summed E-state index contributed by atoms with van der Waals surface area (Å²) < 4.78 is 20.7. The van der Waals surface area contributed by atoms with Gasteiger partial charge in [-0.1, -0.05) is 18.2 Å². The number of fused-ring (bicyclic) bond motifs is 1. The monoisotopic (exact) mass is 444 g/mol. The van der Waals surface area contributed by atoms with Crippen molar-refractivity contribution >= 4 is 23.0 Å². The van der Waals surface area contributed by atoms with Crippen LogP contribution in [0, 0.1) is 19.7 Å². The third-order valence-electron chi connectivity index (χ3n) is 5.60. The Labute approximate surface area is 191 Å². The molecule has 2 heterocycles. The standard InChI is InChI=1S/C26H25FN4O2/c1-17-14-20(18(2)31(17)12-13-33-3)16-28-30-26(32)23-15-25(19-8-10-21(27)11-9-19)29-24-7-5-4-6-22(23)24/h4-11,14-16H,12-13H2,1-3H3,(H,30,32)/b28-16+. The summed E-state index contributed by atoms with van der Waals surface area (Å²) in [6.45, 7) is 5.41. The number of nitrogens with one attached hydrogen (secondary N) is 1. The molecule has 0 aliphatic carbocycles. The SMILES string of the molecule is COCCn1c(C)cc(/C=N/NC(=O)c2cc(-c3ccc(F)cc3)nc3ccccc23)c1C. The highest BCUT2D eigenvalue weighted by Gasteiger charge is 2.14. The van der Waals surface area contributed by atoms with Gasteiger partial charge in [-0.15, -0.1) is 0 Å². The molecule has 1 N–H and O–H groups in total. The number of ether oxygens (including phenoxy) is 1. The fourth-order valence-corrected chi connectivity index (χ4v) is 3.84. The predicted octanol–water partition coefficient (Wildman–Crippen LogP) is 4.87. The molecule has 4 aromatic rings. The second-order valence-electron chi connectivity index (χ2n) is 7.75. The predicted molar refractivity (Wildman–Crippen MR) is 128 cm³/mol. The number of halogens is 1. The molecule has 7 heteroatoms. The normalized spacial score (nSPS) is 11.4. The van der Waals surface area contributed by atoms with E-state index in [4.69, 9.17) is 4.74 Å². The molecule has 4 rings (SSSR count). The van der Waals surface area contributed by atoms with Crippen molar-refractivity contribution in [2.45, 2.75) is 20.4 Å². The number of rotatable bonds is 7. The summed E-state index contributed by atoms with van der Waals surface area (Å²) >= 11 is 0. The number of carbonyl (C=O) groups excluding carboxylic acids is 1. The lowest BCUT2D eigenvalue weighted by Gasteiger charge is -2.09. The maximum Gasteiger partial charge on any atom is 0.272 e. The fraction of sp³-hybridized carbons (Fsp3) is 0.192. The average Bonchev–Trinajstić information content (AvgIpc) is 3.09. The first kappa shape index (κ1) is 22.4. The van der Waals surface area contributed by atoms with Gasteiger partial charge < -0.3 is 9.30 Å². The lowest BCUT2D eigenvalue weighted by molar-refractivity contribution is 0.0956. The fourth-order valence-electron chi connectivity index (χ4n) is 3.84. The summed E-state index contributed by atoms with van der Waals surface area (Å²) in [6.07, 6.45) is 1.65. The molecule has 168 valence electrons. The van der Waals surface area contributed by atoms with E-state index in [1.54, 1.807) is 31.5 Å². The Morgan fingerprint density at radius 2 is 1.91 bits per heavy atom. The van der Waals surface area contributed by atoms with Crippen LogP contribution in [0.2, 0.25) is 0 Å². The van der Waals surface area contributed by atoms with E-state index in [9.17, 15) is 9.18 Å². The largest absolute Gasteiger partial charge is 0.383 e. The molecular formula is C26H25FN4O2. The third kappa shape index (κ3) is 4.83. The Bertz CT molecular complexity index is 1330. The first-order valence-electron chi connectivity index (χ1n) is 10.6. The van der Waals surface area contributed by atoms with E-state index in [0.29, 0.717) is 28.8 Å². The quantitative estimate of drug-likeness (QED) is 0.327. The number of para-hydroxylation sites is 1. The van der Waals surface area contributed by atoms with E-state index in [1.807, 2.05) is 44.2 Å². The van der Waals surface area contributed by atoms with Gasteiger partial charge in [-0.2, -0.15) is 5.10 Å². The Balaban J connectivity index is 1.61. The van der Waals surface area contributed by atoms with Gasteiger partial charge in [-0.3, -0.25) is 4.79 Å². The lowest BCUT2D eigenvalue weighted by atomic mass is 10.0. The number of carbonyl (C=O) groups is 1. The zero-order valence-electron chi connectivity index (χ0n) is 18.8. The Hall–Kier alpha value is -3.84. The van der Waals surface area contributed by atoms with Crippen molar-refractivity contribution in [2.24, 2.45) is 5.10 Å². The molecule has 0 aliphatic rings. The summed E-state index contributed by atoms with van der Waals surface area (Å²) in [4.78, 5) is 17.7. The average molecular weight is 445 g/mol. The van der Waals surface area contributed by atoms with Crippen LogP contribution in [-0.4, -0.2) is 35.4 Å². The van der Waals surface area contributed by atoms with Gasteiger partial charge in [0.1, 0.15) is 5.82 Å². The van der Waals surface area contributed by atoms with Crippen LogP contribution in [0.4, 0.5) is 4.39 Å². The number of hydrogen-bond acceptors (Lipinski definition) is 4. The molecule has 0 bridgehead atoms. The maximum absolute atomic E-state index is 13.4. The molecule has 0 unspecified atom stereocenters. The first-order chi connectivity index (χ1) is 16.0. The highest BCUT2D eigenvalue weighted by atomic mass is 19.1. The number of aryl methyl sites for hydroxylation is 1. The van der Waals surface area contributed by atoms with E-state index < -0.39 is 0 Å². The highest BCUT2D eigenvalue weighted by molar-refractivity contribution is 6.07. The molecule has 6 nitrogen and oxygen atoms in total. The molecule has 0 saturated heterocycles. The van der Waals surface area contributed by atoms with Gasteiger partial charge in [-0.25, -0.2) is 14.8 Å². The minimum absolute atomic E-state index is 0.326. The molecule has 1 amide bonds. The summed E-state index contributed by atoms with van der Waals surface area (Å²) in [7, 11) is 1.68. The van der Waals surface area contributed by atoms with Gasteiger partial charge >= 0.3 is 0 Å². The van der Waals surface area contributed by atoms with E-state index in [0.717, 1.165) is 29.1 Å². The molecule has 0 spiro atoms. The van der Waals surface area contributed by atoms with Crippen molar-refractivity contribution in [1.82, 2.24) is 15.0 Å². The Morgan fingerprint density at radius 3 is 2.67 bits per heavy atom. The number of hydrogen-bond donors (Lipinski definition) is 1.